The molecule has 0 spiro atoms. The third kappa shape index (κ3) is 3.70. The lowest BCUT2D eigenvalue weighted by atomic mass is 10.0. The second-order valence-corrected chi connectivity index (χ2v) is 7.48. The Balaban J connectivity index is 2.10. The first-order valence-corrected chi connectivity index (χ1v) is 9.87. The van der Waals surface area contributed by atoms with Crippen LogP contribution in [-0.2, 0) is 0 Å². The summed E-state index contributed by atoms with van der Waals surface area (Å²) >= 11 is 0. The van der Waals surface area contributed by atoms with Crippen LogP contribution in [0.2, 0.25) is 0 Å². The zero-order chi connectivity index (χ0) is 22.0. The molecule has 6 heteroatoms. The number of rotatable bonds is 7. The monoisotopic (exact) mass is 411 g/mol. The van der Waals surface area contributed by atoms with Gasteiger partial charge in [0.1, 0.15) is 29.6 Å². The van der Waals surface area contributed by atoms with Gasteiger partial charge in [0.15, 0.2) is 0 Å². The van der Waals surface area contributed by atoms with Crippen LogP contribution in [0.4, 0.5) is 5.69 Å². The molecule has 1 aliphatic rings. The molecule has 1 unspecified atom stereocenters. The van der Waals surface area contributed by atoms with E-state index in [2.05, 4.69) is 0 Å². The Morgan fingerprint density at radius 2 is 1.80 bits per heavy atom. The van der Waals surface area contributed by atoms with E-state index in [1.54, 1.807) is 32.3 Å². The topological polar surface area (TPSA) is 57.2 Å². The van der Waals surface area contributed by atoms with Crippen LogP contribution in [0, 0.1) is 6.92 Å². The largest absolute Gasteiger partial charge is 0.497 e. The molecule has 6 nitrogen and oxygen atoms in total. The second-order valence-electron chi connectivity index (χ2n) is 7.48. The number of ether oxygens (including phenoxy) is 4. The van der Waals surface area contributed by atoms with Gasteiger partial charge in [-0.05, 0) is 57.5 Å². The maximum atomic E-state index is 13.5. The Hall–Kier alpha value is -3.15. The highest BCUT2D eigenvalue weighted by Gasteiger charge is 2.40. The highest BCUT2D eigenvalue weighted by molar-refractivity contribution is 6.14. The molecule has 0 saturated carbocycles. The van der Waals surface area contributed by atoms with Crippen molar-refractivity contribution in [2.75, 3.05) is 32.8 Å². The van der Waals surface area contributed by atoms with Crippen molar-refractivity contribution < 1.29 is 23.7 Å². The Bertz CT molecular complexity index is 992. The molecule has 2 aromatic carbocycles. The molecular formula is C24H29NO5. The summed E-state index contributed by atoms with van der Waals surface area (Å²) in [6.45, 7) is 8.31. The Labute approximate surface area is 178 Å². The predicted octanol–water partition coefficient (Wildman–Crippen LogP) is 5.09. The van der Waals surface area contributed by atoms with Crippen molar-refractivity contribution in [1.29, 1.82) is 0 Å². The molecule has 0 radical (unpaired) electrons. The van der Waals surface area contributed by atoms with Crippen molar-refractivity contribution >= 4 is 11.6 Å². The van der Waals surface area contributed by atoms with E-state index in [1.165, 1.54) is 0 Å². The first kappa shape index (κ1) is 21.6. The zero-order valence-corrected chi connectivity index (χ0v) is 18.7. The predicted molar refractivity (Wildman–Crippen MR) is 117 cm³/mol. The van der Waals surface area contributed by atoms with Crippen LogP contribution >= 0.6 is 0 Å². The van der Waals surface area contributed by atoms with E-state index in [0.29, 0.717) is 40.9 Å². The molecule has 0 aliphatic carbocycles. The maximum Gasteiger partial charge on any atom is 0.263 e. The minimum absolute atomic E-state index is 0.127. The van der Waals surface area contributed by atoms with Crippen LogP contribution in [0.3, 0.4) is 0 Å². The minimum atomic E-state index is -0.213. The molecule has 1 heterocycles. The van der Waals surface area contributed by atoms with Crippen molar-refractivity contribution in [1.82, 2.24) is 0 Å². The summed E-state index contributed by atoms with van der Waals surface area (Å²) in [5.74, 6) is 2.36. The summed E-state index contributed by atoms with van der Waals surface area (Å²) in [7, 11) is 4.80. The molecule has 1 amide bonds. The number of carbonyl (C=O) groups is 1. The Morgan fingerprint density at radius 3 is 2.40 bits per heavy atom. The SMILES string of the molecule is COc1ccc(N2C(=O)c3c(cc(OC)c(C)c3OC)C2C)c(OCC=C(C)C)c1. The first-order chi connectivity index (χ1) is 14.3. The fraction of sp³-hybridized carbons (Fsp3) is 0.375. The Morgan fingerprint density at radius 1 is 1.07 bits per heavy atom. The van der Waals surface area contributed by atoms with Gasteiger partial charge in [-0.1, -0.05) is 5.57 Å². The normalized spacial score (nSPS) is 15.0. The number of methoxy groups -OCH3 is 3. The Kier molecular flexibility index (Phi) is 6.25. The van der Waals surface area contributed by atoms with Gasteiger partial charge in [-0.3, -0.25) is 9.69 Å². The van der Waals surface area contributed by atoms with E-state index in [4.69, 9.17) is 18.9 Å². The number of anilines is 1. The van der Waals surface area contributed by atoms with E-state index in [9.17, 15) is 4.79 Å². The van der Waals surface area contributed by atoms with Gasteiger partial charge < -0.3 is 18.9 Å². The zero-order valence-electron chi connectivity index (χ0n) is 18.7. The molecular weight excluding hydrogens is 382 g/mol. The molecule has 0 fully saturated rings. The molecule has 1 atom stereocenters. The van der Waals surface area contributed by atoms with Gasteiger partial charge >= 0.3 is 0 Å². The van der Waals surface area contributed by atoms with Gasteiger partial charge in [0, 0.05) is 11.6 Å². The standard InChI is InChI=1S/C24H29NO5/c1-14(2)10-11-30-21-12-17(27-5)8-9-19(21)25-16(4)18-13-20(28-6)15(3)23(29-7)22(18)24(25)26/h8-10,12-13,16H,11H2,1-7H3. The third-order valence-electron chi connectivity index (χ3n) is 5.36. The number of fused-ring (bicyclic) bond motifs is 1. The molecule has 30 heavy (non-hydrogen) atoms. The van der Waals surface area contributed by atoms with Crippen LogP contribution in [0.25, 0.3) is 0 Å². The average molecular weight is 411 g/mol. The summed E-state index contributed by atoms with van der Waals surface area (Å²) in [5, 5.41) is 0. The lowest BCUT2D eigenvalue weighted by molar-refractivity contribution is 0.0989. The fourth-order valence-corrected chi connectivity index (χ4v) is 3.76. The van der Waals surface area contributed by atoms with E-state index in [0.717, 1.165) is 16.7 Å². The summed E-state index contributed by atoms with van der Waals surface area (Å²) in [4.78, 5) is 15.3. The average Bonchev–Trinajstić information content (AvgIpc) is 2.97. The van der Waals surface area contributed by atoms with Crippen molar-refractivity contribution in [3.8, 4) is 23.0 Å². The summed E-state index contributed by atoms with van der Waals surface area (Å²) < 4.78 is 22.5. The van der Waals surface area contributed by atoms with Gasteiger partial charge in [-0.15, -0.1) is 0 Å². The van der Waals surface area contributed by atoms with E-state index in [1.807, 2.05) is 52.0 Å². The first-order valence-electron chi connectivity index (χ1n) is 9.87. The van der Waals surface area contributed by atoms with Crippen LogP contribution in [-0.4, -0.2) is 33.8 Å². The molecule has 0 aromatic heterocycles. The number of nitrogens with zero attached hydrogens (tertiary/aromatic N) is 1. The van der Waals surface area contributed by atoms with Crippen molar-refractivity contribution in [2.45, 2.75) is 33.7 Å². The minimum Gasteiger partial charge on any atom is -0.497 e. The molecule has 0 saturated heterocycles. The third-order valence-corrected chi connectivity index (χ3v) is 5.36. The molecule has 0 bridgehead atoms. The van der Waals surface area contributed by atoms with E-state index >= 15 is 0 Å². The van der Waals surface area contributed by atoms with Gasteiger partial charge in [0.2, 0.25) is 0 Å². The maximum absolute atomic E-state index is 13.5. The summed E-state index contributed by atoms with van der Waals surface area (Å²) in [6.07, 6.45) is 1.99. The molecule has 0 N–H and O–H groups in total. The van der Waals surface area contributed by atoms with E-state index < -0.39 is 0 Å². The molecule has 2 aromatic rings. The van der Waals surface area contributed by atoms with Gasteiger partial charge in [0.25, 0.3) is 5.91 Å². The number of allylic oxidation sites excluding steroid dienone is 1. The number of amides is 1. The van der Waals surface area contributed by atoms with Crippen LogP contribution in [0.5, 0.6) is 23.0 Å². The van der Waals surface area contributed by atoms with Crippen molar-refractivity contribution in [2.24, 2.45) is 0 Å². The number of hydrogen-bond acceptors (Lipinski definition) is 5. The quantitative estimate of drug-likeness (QED) is 0.594. The lowest BCUT2D eigenvalue weighted by Gasteiger charge is -2.25. The molecule has 160 valence electrons. The lowest BCUT2D eigenvalue weighted by Crippen LogP contribution is -2.27. The van der Waals surface area contributed by atoms with Crippen molar-refractivity contribution in [3.63, 3.8) is 0 Å². The van der Waals surface area contributed by atoms with Gasteiger partial charge in [-0.2, -0.15) is 0 Å². The van der Waals surface area contributed by atoms with Crippen molar-refractivity contribution in [3.05, 3.63) is 52.6 Å². The number of hydrogen-bond donors (Lipinski definition) is 0. The number of benzene rings is 2. The molecule has 3 rings (SSSR count). The summed E-state index contributed by atoms with van der Waals surface area (Å²) in [5.41, 5.74) is 4.07. The van der Waals surface area contributed by atoms with Gasteiger partial charge in [0.05, 0.1) is 38.6 Å². The van der Waals surface area contributed by atoms with Crippen LogP contribution in [0.15, 0.2) is 35.9 Å². The highest BCUT2D eigenvalue weighted by atomic mass is 16.5. The smallest absolute Gasteiger partial charge is 0.263 e. The molecule has 1 aliphatic heterocycles. The van der Waals surface area contributed by atoms with Crippen LogP contribution < -0.4 is 23.8 Å². The fourth-order valence-electron chi connectivity index (χ4n) is 3.76. The highest BCUT2D eigenvalue weighted by Crippen LogP contribution is 2.48. The second kappa shape index (κ2) is 8.69. The van der Waals surface area contributed by atoms with E-state index in [-0.39, 0.29) is 11.9 Å². The van der Waals surface area contributed by atoms with Crippen LogP contribution in [0.1, 0.15) is 48.3 Å². The summed E-state index contributed by atoms with van der Waals surface area (Å²) in [6, 6.07) is 7.20. The van der Waals surface area contributed by atoms with Gasteiger partial charge in [-0.25, -0.2) is 0 Å². The number of carbonyl (C=O) groups excluding carboxylic acids is 1.